The van der Waals surface area contributed by atoms with E-state index in [1.807, 2.05) is 0 Å². The van der Waals surface area contributed by atoms with Gasteiger partial charge in [-0.25, -0.2) is 17.5 Å². The molecule has 0 aliphatic heterocycles. The molecule has 1 aromatic carbocycles. The number of nitrogens with one attached hydrogen (secondary N) is 2. The zero-order valence-corrected chi connectivity index (χ0v) is 10.6. The first-order valence-corrected chi connectivity index (χ1v) is 6.96. The Balaban J connectivity index is 2.48. The average molecular weight is 275 g/mol. The summed E-state index contributed by atoms with van der Waals surface area (Å²) in [4.78, 5) is 11.5. The number of carbonyl (C=O) groups excluding carboxylic acids is 1. The second-order valence-corrected chi connectivity index (χ2v) is 5.49. The molecule has 1 aromatic rings. The smallest absolute Gasteiger partial charge is 0.251 e. The molecule has 0 atom stereocenters. The van der Waals surface area contributed by atoms with Crippen LogP contribution in [0.2, 0.25) is 0 Å². The molecule has 1 amide bonds. The standard InChI is InChI=1S/C10H14FN3O3S/c1-18(16,17)14-5-4-13-10(15)7-2-3-9(12)8(11)6-7/h2-3,6,14H,4-5,12H2,1H3,(H,13,15). The number of halogens is 1. The molecular formula is C10H14FN3O3S. The molecule has 18 heavy (non-hydrogen) atoms. The Labute approximate surface area is 104 Å². The normalized spacial score (nSPS) is 11.2. The van der Waals surface area contributed by atoms with E-state index in [9.17, 15) is 17.6 Å². The van der Waals surface area contributed by atoms with Crippen molar-refractivity contribution in [1.29, 1.82) is 0 Å². The van der Waals surface area contributed by atoms with E-state index in [1.54, 1.807) is 0 Å². The Morgan fingerprint density at radius 1 is 1.39 bits per heavy atom. The summed E-state index contributed by atoms with van der Waals surface area (Å²) in [5.74, 6) is -1.17. The Morgan fingerprint density at radius 3 is 2.61 bits per heavy atom. The van der Waals surface area contributed by atoms with E-state index < -0.39 is 21.7 Å². The summed E-state index contributed by atoms with van der Waals surface area (Å²) >= 11 is 0. The highest BCUT2D eigenvalue weighted by atomic mass is 32.2. The molecule has 6 nitrogen and oxygen atoms in total. The van der Waals surface area contributed by atoms with Crippen molar-refractivity contribution < 1.29 is 17.6 Å². The molecule has 0 heterocycles. The number of hydrogen-bond donors (Lipinski definition) is 3. The van der Waals surface area contributed by atoms with E-state index in [0.29, 0.717) is 0 Å². The van der Waals surface area contributed by atoms with Gasteiger partial charge in [0.05, 0.1) is 11.9 Å². The molecule has 0 saturated heterocycles. The predicted molar refractivity (Wildman–Crippen MR) is 66.0 cm³/mol. The quantitative estimate of drug-likeness (QED) is 0.506. The van der Waals surface area contributed by atoms with Crippen LogP contribution in [0.15, 0.2) is 18.2 Å². The van der Waals surface area contributed by atoms with Crippen molar-refractivity contribution in [1.82, 2.24) is 10.0 Å². The highest BCUT2D eigenvalue weighted by Gasteiger charge is 2.08. The summed E-state index contributed by atoms with van der Waals surface area (Å²) in [5.41, 5.74) is 5.36. The Hall–Kier alpha value is -1.67. The minimum Gasteiger partial charge on any atom is -0.396 e. The molecule has 0 aliphatic carbocycles. The number of rotatable bonds is 5. The van der Waals surface area contributed by atoms with Crippen LogP contribution < -0.4 is 15.8 Å². The van der Waals surface area contributed by atoms with Crippen LogP contribution >= 0.6 is 0 Å². The number of benzene rings is 1. The molecule has 0 unspecified atom stereocenters. The second kappa shape index (κ2) is 5.78. The molecule has 0 bridgehead atoms. The number of sulfonamides is 1. The highest BCUT2D eigenvalue weighted by molar-refractivity contribution is 7.88. The van der Waals surface area contributed by atoms with Gasteiger partial charge >= 0.3 is 0 Å². The fourth-order valence-corrected chi connectivity index (χ4v) is 1.66. The van der Waals surface area contributed by atoms with Crippen molar-refractivity contribution >= 4 is 21.6 Å². The van der Waals surface area contributed by atoms with Gasteiger partial charge in [-0.3, -0.25) is 4.79 Å². The van der Waals surface area contributed by atoms with E-state index in [0.717, 1.165) is 12.3 Å². The summed E-state index contributed by atoms with van der Waals surface area (Å²) in [6.45, 7) is 0.180. The van der Waals surface area contributed by atoms with Crippen molar-refractivity contribution in [2.45, 2.75) is 0 Å². The van der Waals surface area contributed by atoms with Gasteiger partial charge in [-0.15, -0.1) is 0 Å². The van der Waals surface area contributed by atoms with Crippen LogP contribution in [0.4, 0.5) is 10.1 Å². The number of nitrogens with two attached hydrogens (primary N) is 1. The Morgan fingerprint density at radius 2 is 2.06 bits per heavy atom. The summed E-state index contributed by atoms with van der Waals surface area (Å²) in [6, 6.07) is 3.70. The van der Waals surface area contributed by atoms with Crippen LogP contribution in [0.25, 0.3) is 0 Å². The SMILES string of the molecule is CS(=O)(=O)NCCNC(=O)c1ccc(N)c(F)c1. The maximum atomic E-state index is 13.1. The fourth-order valence-electron chi connectivity index (χ4n) is 1.18. The van der Waals surface area contributed by atoms with Gasteiger partial charge < -0.3 is 11.1 Å². The van der Waals surface area contributed by atoms with Crippen molar-refractivity contribution in [3.05, 3.63) is 29.6 Å². The number of carbonyl (C=O) groups is 1. The maximum absolute atomic E-state index is 13.1. The van der Waals surface area contributed by atoms with Crippen LogP contribution in [0.5, 0.6) is 0 Å². The maximum Gasteiger partial charge on any atom is 0.251 e. The summed E-state index contributed by atoms with van der Waals surface area (Å²) in [7, 11) is -3.28. The van der Waals surface area contributed by atoms with Crippen molar-refractivity contribution in [2.24, 2.45) is 0 Å². The summed E-state index contributed by atoms with van der Waals surface area (Å²) in [5, 5.41) is 2.44. The molecule has 0 spiro atoms. The lowest BCUT2D eigenvalue weighted by Crippen LogP contribution is -2.34. The highest BCUT2D eigenvalue weighted by Crippen LogP contribution is 2.11. The molecule has 100 valence electrons. The molecule has 1 rings (SSSR count). The number of amides is 1. The zero-order chi connectivity index (χ0) is 13.8. The van der Waals surface area contributed by atoms with Crippen LogP contribution in [-0.4, -0.2) is 33.7 Å². The van der Waals surface area contributed by atoms with E-state index in [-0.39, 0.29) is 24.3 Å². The van der Waals surface area contributed by atoms with Crippen LogP contribution in [0.3, 0.4) is 0 Å². The third-order valence-electron chi connectivity index (χ3n) is 2.04. The predicted octanol–water partition coefficient (Wildman–Crippen LogP) is -0.313. The molecule has 4 N–H and O–H groups in total. The van der Waals surface area contributed by atoms with E-state index in [1.165, 1.54) is 12.1 Å². The fraction of sp³-hybridized carbons (Fsp3) is 0.300. The molecule has 0 aromatic heterocycles. The Kier molecular flexibility index (Phi) is 4.62. The number of anilines is 1. The van der Waals surface area contributed by atoms with E-state index in [4.69, 9.17) is 5.73 Å². The largest absolute Gasteiger partial charge is 0.396 e. The van der Waals surface area contributed by atoms with Crippen LogP contribution in [0.1, 0.15) is 10.4 Å². The number of nitrogen functional groups attached to an aromatic ring is 1. The van der Waals surface area contributed by atoms with Gasteiger partial charge in [0.25, 0.3) is 5.91 Å². The van der Waals surface area contributed by atoms with E-state index >= 15 is 0 Å². The first-order chi connectivity index (χ1) is 8.29. The monoisotopic (exact) mass is 275 g/mol. The lowest BCUT2D eigenvalue weighted by atomic mass is 10.2. The third-order valence-corrected chi connectivity index (χ3v) is 2.77. The molecule has 0 saturated carbocycles. The van der Waals surface area contributed by atoms with Crippen LogP contribution in [-0.2, 0) is 10.0 Å². The Bertz CT molecular complexity index is 545. The molecule has 8 heteroatoms. The van der Waals surface area contributed by atoms with Crippen LogP contribution in [0, 0.1) is 5.82 Å². The zero-order valence-electron chi connectivity index (χ0n) is 9.73. The topological polar surface area (TPSA) is 101 Å². The lowest BCUT2D eigenvalue weighted by molar-refractivity contribution is 0.0954. The van der Waals surface area contributed by atoms with Crippen molar-refractivity contribution in [3.63, 3.8) is 0 Å². The molecule has 0 radical (unpaired) electrons. The van der Waals surface area contributed by atoms with Gasteiger partial charge in [-0.1, -0.05) is 0 Å². The number of hydrogen-bond acceptors (Lipinski definition) is 4. The van der Waals surface area contributed by atoms with Gasteiger partial charge in [0.1, 0.15) is 5.82 Å². The van der Waals surface area contributed by atoms with Crippen molar-refractivity contribution in [3.8, 4) is 0 Å². The van der Waals surface area contributed by atoms with E-state index in [2.05, 4.69) is 10.0 Å². The van der Waals surface area contributed by atoms with Crippen molar-refractivity contribution in [2.75, 3.05) is 25.1 Å². The van der Waals surface area contributed by atoms with Gasteiger partial charge in [-0.05, 0) is 18.2 Å². The van der Waals surface area contributed by atoms with Gasteiger partial charge in [0, 0.05) is 18.7 Å². The van der Waals surface area contributed by atoms with Gasteiger partial charge in [0.15, 0.2) is 0 Å². The summed E-state index contributed by atoms with van der Waals surface area (Å²) in [6.07, 6.45) is 1.02. The van der Waals surface area contributed by atoms with Gasteiger partial charge in [-0.2, -0.15) is 0 Å². The first kappa shape index (κ1) is 14.4. The minimum absolute atomic E-state index is 0.0368. The summed E-state index contributed by atoms with van der Waals surface area (Å²) < 4.78 is 36.8. The average Bonchev–Trinajstić information content (AvgIpc) is 2.26. The lowest BCUT2D eigenvalue weighted by Gasteiger charge is -2.06. The second-order valence-electron chi connectivity index (χ2n) is 3.66. The molecule has 0 fully saturated rings. The molecular weight excluding hydrogens is 261 g/mol. The third kappa shape index (κ3) is 4.68. The first-order valence-electron chi connectivity index (χ1n) is 5.07. The van der Waals surface area contributed by atoms with Gasteiger partial charge in [0.2, 0.25) is 10.0 Å². The minimum atomic E-state index is -3.28. The molecule has 0 aliphatic rings.